The number of aromatic nitrogens is 2. The van der Waals surface area contributed by atoms with Gasteiger partial charge in [0.1, 0.15) is 0 Å². The average molecular weight is 376 g/mol. The van der Waals surface area contributed by atoms with Crippen molar-refractivity contribution in [3.8, 4) is 11.4 Å². The molecule has 0 atom stereocenters. The molecule has 0 saturated heterocycles. The Labute approximate surface area is 155 Å². The monoisotopic (exact) mass is 375 g/mol. The lowest BCUT2D eigenvalue weighted by atomic mass is 10.1. The first-order chi connectivity index (χ1) is 11.9. The number of carbonyl (C=O) groups excluding carboxylic acids is 1. The summed E-state index contributed by atoms with van der Waals surface area (Å²) in [5.41, 5.74) is 2.37. The van der Waals surface area contributed by atoms with E-state index in [0.29, 0.717) is 27.3 Å². The van der Waals surface area contributed by atoms with Crippen LogP contribution in [0.5, 0.6) is 0 Å². The third-order valence-electron chi connectivity index (χ3n) is 3.66. The minimum Gasteiger partial charge on any atom is -0.337 e. The Morgan fingerprint density at radius 3 is 2.56 bits per heavy atom. The molecule has 7 heteroatoms. The second-order valence-electron chi connectivity index (χ2n) is 5.66. The first-order valence-corrected chi connectivity index (χ1v) is 8.30. The molecule has 0 spiro atoms. The van der Waals surface area contributed by atoms with Crippen molar-refractivity contribution in [2.45, 2.75) is 13.5 Å². The Bertz CT molecular complexity index is 907. The molecule has 0 radical (unpaired) electrons. The highest BCUT2D eigenvalue weighted by Crippen LogP contribution is 2.23. The number of aryl methyl sites for hydroxylation is 1. The Morgan fingerprint density at radius 1 is 1.16 bits per heavy atom. The average Bonchev–Trinajstić information content (AvgIpc) is 3.03. The number of amides is 1. The summed E-state index contributed by atoms with van der Waals surface area (Å²) in [6, 6.07) is 12.5. The van der Waals surface area contributed by atoms with Gasteiger partial charge < -0.3 is 9.42 Å². The van der Waals surface area contributed by atoms with Crippen LogP contribution in [-0.2, 0) is 6.54 Å². The van der Waals surface area contributed by atoms with E-state index in [0.717, 1.165) is 11.1 Å². The predicted octanol–water partition coefficient (Wildman–Crippen LogP) is 4.62. The maximum absolute atomic E-state index is 12.5. The van der Waals surface area contributed by atoms with E-state index in [1.54, 1.807) is 19.2 Å². The number of rotatable bonds is 4. The molecule has 0 aliphatic carbocycles. The van der Waals surface area contributed by atoms with E-state index in [1.807, 2.05) is 31.2 Å². The van der Waals surface area contributed by atoms with E-state index in [1.165, 1.54) is 11.0 Å². The van der Waals surface area contributed by atoms with Crippen molar-refractivity contribution >= 4 is 29.1 Å². The van der Waals surface area contributed by atoms with Gasteiger partial charge in [0.25, 0.3) is 5.91 Å². The summed E-state index contributed by atoms with van der Waals surface area (Å²) in [6.07, 6.45) is 0. The third-order valence-corrected chi connectivity index (χ3v) is 4.21. The van der Waals surface area contributed by atoms with E-state index >= 15 is 0 Å². The number of benzene rings is 2. The van der Waals surface area contributed by atoms with E-state index in [2.05, 4.69) is 10.1 Å². The molecule has 3 rings (SSSR count). The largest absolute Gasteiger partial charge is 0.337 e. The van der Waals surface area contributed by atoms with Crippen molar-refractivity contribution in [3.63, 3.8) is 0 Å². The molecule has 5 nitrogen and oxygen atoms in total. The normalized spacial score (nSPS) is 10.7. The van der Waals surface area contributed by atoms with Crippen LogP contribution in [0.2, 0.25) is 10.0 Å². The molecule has 0 N–H and O–H groups in total. The van der Waals surface area contributed by atoms with E-state index < -0.39 is 0 Å². The molecule has 0 unspecified atom stereocenters. The van der Waals surface area contributed by atoms with Crippen LogP contribution in [0.25, 0.3) is 11.4 Å². The quantitative estimate of drug-likeness (QED) is 0.667. The zero-order chi connectivity index (χ0) is 18.0. The summed E-state index contributed by atoms with van der Waals surface area (Å²) >= 11 is 11.9. The molecule has 0 saturated carbocycles. The lowest BCUT2D eigenvalue weighted by Gasteiger charge is -2.15. The Morgan fingerprint density at radius 2 is 1.88 bits per heavy atom. The van der Waals surface area contributed by atoms with Crippen LogP contribution in [0.15, 0.2) is 47.0 Å². The van der Waals surface area contributed by atoms with Crippen molar-refractivity contribution in [2.24, 2.45) is 0 Å². The van der Waals surface area contributed by atoms with Gasteiger partial charge in [0.05, 0.1) is 17.1 Å². The fourth-order valence-electron chi connectivity index (χ4n) is 2.28. The molecule has 128 valence electrons. The van der Waals surface area contributed by atoms with Crippen LogP contribution >= 0.6 is 23.2 Å². The Balaban J connectivity index is 1.74. The van der Waals surface area contributed by atoms with Gasteiger partial charge in [-0.25, -0.2) is 0 Å². The van der Waals surface area contributed by atoms with Crippen molar-refractivity contribution in [3.05, 3.63) is 69.5 Å². The molecule has 0 aliphatic rings. The first-order valence-electron chi connectivity index (χ1n) is 7.54. The summed E-state index contributed by atoms with van der Waals surface area (Å²) in [5.74, 6) is 0.577. The topological polar surface area (TPSA) is 59.2 Å². The molecule has 3 aromatic rings. The minimum atomic E-state index is -0.253. The van der Waals surface area contributed by atoms with Gasteiger partial charge in [-0.2, -0.15) is 4.98 Å². The molecule has 25 heavy (non-hydrogen) atoms. The second kappa shape index (κ2) is 7.25. The van der Waals surface area contributed by atoms with Gasteiger partial charge in [-0.05, 0) is 25.1 Å². The number of hydrogen-bond acceptors (Lipinski definition) is 4. The molecular weight excluding hydrogens is 361 g/mol. The number of hydrogen-bond donors (Lipinski definition) is 0. The van der Waals surface area contributed by atoms with E-state index in [9.17, 15) is 4.79 Å². The van der Waals surface area contributed by atoms with Crippen LogP contribution in [0.1, 0.15) is 21.8 Å². The van der Waals surface area contributed by atoms with Crippen LogP contribution in [-0.4, -0.2) is 28.0 Å². The summed E-state index contributed by atoms with van der Waals surface area (Å²) < 4.78 is 5.25. The highest BCUT2D eigenvalue weighted by Gasteiger charge is 2.18. The van der Waals surface area contributed by atoms with Crippen molar-refractivity contribution in [2.75, 3.05) is 7.05 Å². The van der Waals surface area contributed by atoms with Gasteiger partial charge in [-0.1, -0.05) is 58.2 Å². The van der Waals surface area contributed by atoms with Gasteiger partial charge in [-0.15, -0.1) is 0 Å². The number of nitrogens with zero attached hydrogens (tertiary/aromatic N) is 3. The molecule has 1 amide bonds. The molecule has 0 fully saturated rings. The van der Waals surface area contributed by atoms with Crippen LogP contribution in [0.3, 0.4) is 0 Å². The Hall–Kier alpha value is -2.37. The standard InChI is InChI=1S/C18H15Cl2N3O2/c1-11-3-5-12(6-4-11)17-21-16(25-22-17)10-23(2)18(24)14-8-7-13(19)9-15(14)20/h3-9H,10H2,1-2H3. The number of halogens is 2. The predicted molar refractivity (Wildman–Crippen MR) is 96.7 cm³/mol. The van der Waals surface area contributed by atoms with Gasteiger partial charge in [0, 0.05) is 17.6 Å². The first kappa shape index (κ1) is 17.5. The molecular formula is C18H15Cl2N3O2. The van der Waals surface area contributed by atoms with E-state index in [-0.39, 0.29) is 12.5 Å². The van der Waals surface area contributed by atoms with Crippen molar-refractivity contribution < 1.29 is 9.32 Å². The summed E-state index contributed by atoms with van der Waals surface area (Å²) in [4.78, 5) is 18.3. The maximum Gasteiger partial charge on any atom is 0.255 e. The molecule has 1 aromatic heterocycles. The zero-order valence-corrected chi connectivity index (χ0v) is 15.2. The Kier molecular flexibility index (Phi) is 5.06. The fourth-order valence-corrected chi connectivity index (χ4v) is 2.77. The van der Waals surface area contributed by atoms with Gasteiger partial charge in [0.15, 0.2) is 0 Å². The highest BCUT2D eigenvalue weighted by atomic mass is 35.5. The zero-order valence-electron chi connectivity index (χ0n) is 13.7. The SMILES string of the molecule is Cc1ccc(-c2noc(CN(C)C(=O)c3ccc(Cl)cc3Cl)n2)cc1. The highest BCUT2D eigenvalue weighted by molar-refractivity contribution is 6.36. The smallest absolute Gasteiger partial charge is 0.255 e. The fraction of sp³-hybridized carbons (Fsp3) is 0.167. The van der Waals surface area contributed by atoms with Gasteiger partial charge >= 0.3 is 0 Å². The molecule has 0 aliphatic heterocycles. The van der Waals surface area contributed by atoms with Crippen molar-refractivity contribution in [1.29, 1.82) is 0 Å². The second-order valence-corrected chi connectivity index (χ2v) is 6.51. The molecule has 1 heterocycles. The molecule has 2 aromatic carbocycles. The van der Waals surface area contributed by atoms with Crippen molar-refractivity contribution in [1.82, 2.24) is 15.0 Å². The summed E-state index contributed by atoms with van der Waals surface area (Å²) in [6.45, 7) is 2.19. The van der Waals surface area contributed by atoms with E-state index in [4.69, 9.17) is 27.7 Å². The lowest BCUT2D eigenvalue weighted by Crippen LogP contribution is -2.26. The number of carbonyl (C=O) groups is 1. The van der Waals surface area contributed by atoms with Gasteiger partial charge in [-0.3, -0.25) is 4.79 Å². The summed E-state index contributed by atoms with van der Waals surface area (Å²) in [5, 5.41) is 4.74. The van der Waals surface area contributed by atoms with Crippen LogP contribution in [0, 0.1) is 6.92 Å². The molecule has 0 bridgehead atoms. The van der Waals surface area contributed by atoms with Crippen LogP contribution < -0.4 is 0 Å². The van der Waals surface area contributed by atoms with Crippen LogP contribution in [0.4, 0.5) is 0 Å². The summed E-state index contributed by atoms with van der Waals surface area (Å²) in [7, 11) is 1.64. The lowest BCUT2D eigenvalue weighted by molar-refractivity contribution is 0.0770. The maximum atomic E-state index is 12.5. The van der Waals surface area contributed by atoms with Gasteiger partial charge in [0.2, 0.25) is 11.7 Å². The minimum absolute atomic E-state index is 0.177. The third kappa shape index (κ3) is 4.00.